The average Bonchev–Trinajstić information content (AvgIpc) is 3.82. The number of rotatable bonds is 9. The molecule has 13 heteroatoms. The van der Waals surface area contributed by atoms with Crippen molar-refractivity contribution in [3.63, 3.8) is 0 Å². The molecule has 0 radical (unpaired) electrons. The average molecular weight is 601 g/mol. The Morgan fingerprint density at radius 1 is 0.886 bits per heavy atom. The van der Waals surface area contributed by atoms with Crippen LogP contribution in [0.2, 0.25) is 0 Å². The Labute approximate surface area is 252 Å². The molecule has 1 aliphatic rings. The number of furan rings is 2. The van der Waals surface area contributed by atoms with Gasteiger partial charge in [0.05, 0.1) is 30.1 Å². The molecule has 0 saturated carbocycles. The van der Waals surface area contributed by atoms with Crippen molar-refractivity contribution >= 4 is 34.8 Å². The van der Waals surface area contributed by atoms with Crippen molar-refractivity contribution in [3.8, 4) is 0 Å². The topological polar surface area (TPSA) is 168 Å². The molecule has 0 aliphatic carbocycles. The predicted octanol–water partition coefficient (Wildman–Crippen LogP) is 3.82. The second-order valence-electron chi connectivity index (χ2n) is 10.3. The number of piperidine rings is 1. The first kappa shape index (κ1) is 30.2. The van der Waals surface area contributed by atoms with Crippen LogP contribution in [0.3, 0.4) is 0 Å². The third-order valence-electron chi connectivity index (χ3n) is 7.40. The Kier molecular flexibility index (Phi) is 9.77. The summed E-state index contributed by atoms with van der Waals surface area (Å²) in [5.74, 6) is -0.612. The van der Waals surface area contributed by atoms with Crippen molar-refractivity contribution in [1.82, 2.24) is 24.4 Å². The highest BCUT2D eigenvalue weighted by Crippen LogP contribution is 2.25. The zero-order valence-electron chi connectivity index (χ0n) is 23.9. The molecule has 4 aromatic heterocycles. The fourth-order valence-electron chi connectivity index (χ4n) is 5.19. The number of benzene rings is 1. The van der Waals surface area contributed by atoms with E-state index in [2.05, 4.69) is 37.6 Å². The first-order valence-electron chi connectivity index (χ1n) is 14.2. The third kappa shape index (κ3) is 7.55. The molecule has 44 heavy (non-hydrogen) atoms. The van der Waals surface area contributed by atoms with Crippen LogP contribution in [0.1, 0.15) is 35.0 Å². The van der Waals surface area contributed by atoms with Crippen LogP contribution in [0.4, 0.5) is 5.95 Å². The SMILES string of the molecule is O=C(O)C(=O)O.O=C(c1ccco1)N(CCN1CCC(Cc2nc3ccccc3n2Cc2ccco2)CC1)c1ncccn1. The Morgan fingerprint density at radius 2 is 1.59 bits per heavy atom. The van der Waals surface area contributed by atoms with Crippen molar-refractivity contribution in [1.29, 1.82) is 0 Å². The first-order chi connectivity index (χ1) is 21.4. The number of carboxylic acids is 2. The number of imidazole rings is 1. The lowest BCUT2D eigenvalue weighted by molar-refractivity contribution is -0.159. The Bertz CT molecular complexity index is 1650. The van der Waals surface area contributed by atoms with Crippen LogP contribution in [0.5, 0.6) is 0 Å². The van der Waals surface area contributed by atoms with Gasteiger partial charge in [0.1, 0.15) is 11.6 Å². The molecule has 5 heterocycles. The molecular weight excluding hydrogens is 568 g/mol. The van der Waals surface area contributed by atoms with Crippen molar-refractivity contribution in [3.05, 3.63) is 96.9 Å². The summed E-state index contributed by atoms with van der Waals surface area (Å²) >= 11 is 0. The van der Waals surface area contributed by atoms with Crippen LogP contribution < -0.4 is 4.90 Å². The van der Waals surface area contributed by atoms with Gasteiger partial charge < -0.3 is 28.5 Å². The zero-order valence-corrected chi connectivity index (χ0v) is 23.9. The molecule has 1 aliphatic heterocycles. The van der Waals surface area contributed by atoms with Gasteiger partial charge in [-0.2, -0.15) is 0 Å². The largest absolute Gasteiger partial charge is 0.473 e. The van der Waals surface area contributed by atoms with Crippen LogP contribution in [0, 0.1) is 5.92 Å². The van der Waals surface area contributed by atoms with Crippen molar-refractivity contribution in [2.45, 2.75) is 25.8 Å². The van der Waals surface area contributed by atoms with E-state index in [1.54, 1.807) is 41.8 Å². The van der Waals surface area contributed by atoms with Crippen LogP contribution in [0.25, 0.3) is 11.0 Å². The Hall–Kier alpha value is -5.30. The number of nitrogens with zero attached hydrogens (tertiary/aromatic N) is 6. The number of fused-ring (bicyclic) bond motifs is 1. The van der Waals surface area contributed by atoms with Crippen LogP contribution in [-0.2, 0) is 22.6 Å². The zero-order chi connectivity index (χ0) is 30.9. The molecule has 1 amide bonds. The van der Waals surface area contributed by atoms with Gasteiger partial charge in [0.25, 0.3) is 5.91 Å². The van der Waals surface area contributed by atoms with Crippen LogP contribution >= 0.6 is 0 Å². The van der Waals surface area contributed by atoms with Crippen LogP contribution in [-0.4, -0.2) is 78.7 Å². The maximum Gasteiger partial charge on any atom is 0.414 e. The van der Waals surface area contributed by atoms with E-state index in [0.717, 1.165) is 61.5 Å². The summed E-state index contributed by atoms with van der Waals surface area (Å²) in [5.41, 5.74) is 2.16. The number of anilines is 1. The number of aliphatic carboxylic acids is 2. The lowest BCUT2D eigenvalue weighted by Crippen LogP contribution is -2.42. The summed E-state index contributed by atoms with van der Waals surface area (Å²) in [7, 11) is 0. The lowest BCUT2D eigenvalue weighted by atomic mass is 9.93. The van der Waals surface area contributed by atoms with Gasteiger partial charge in [-0.25, -0.2) is 24.5 Å². The number of hydrogen-bond acceptors (Lipinski definition) is 9. The highest BCUT2D eigenvalue weighted by Gasteiger charge is 2.26. The van der Waals surface area contributed by atoms with E-state index in [-0.39, 0.29) is 11.7 Å². The number of carbonyl (C=O) groups is 3. The molecule has 1 fully saturated rings. The quantitative estimate of drug-likeness (QED) is 0.236. The summed E-state index contributed by atoms with van der Waals surface area (Å²) in [6, 6.07) is 17.4. The van der Waals surface area contributed by atoms with Crippen molar-refractivity contribution in [2.24, 2.45) is 5.92 Å². The van der Waals surface area contributed by atoms with Gasteiger partial charge in [-0.1, -0.05) is 12.1 Å². The Morgan fingerprint density at radius 3 is 2.25 bits per heavy atom. The van der Waals surface area contributed by atoms with Gasteiger partial charge in [0.2, 0.25) is 5.95 Å². The number of amides is 1. The molecule has 1 saturated heterocycles. The Balaban J connectivity index is 0.000000584. The fraction of sp³-hybridized carbons (Fsp3) is 0.290. The van der Waals surface area contributed by atoms with E-state index in [9.17, 15) is 4.79 Å². The minimum atomic E-state index is -1.82. The van der Waals surface area contributed by atoms with E-state index >= 15 is 0 Å². The smallest absolute Gasteiger partial charge is 0.414 e. The molecule has 5 aromatic rings. The molecule has 1 aromatic carbocycles. The first-order valence-corrected chi connectivity index (χ1v) is 14.2. The van der Waals surface area contributed by atoms with Gasteiger partial charge in [-0.3, -0.25) is 9.69 Å². The number of aromatic nitrogens is 4. The fourth-order valence-corrected chi connectivity index (χ4v) is 5.19. The standard InChI is InChI=1S/C29H30N6O3.C2H2O4/c36-28(26-9-4-19-38-26)34(29-30-12-5-13-31-29)17-16-33-14-10-22(11-15-33)20-27-32-24-7-1-2-8-25(24)35(27)21-23-6-3-18-37-23;3-1(4)2(5)6/h1-9,12-13,18-19,22H,10-11,14-17,20-21H2;(H,3,4)(H,5,6). The van der Waals surface area contributed by atoms with E-state index in [0.29, 0.717) is 25.0 Å². The molecule has 0 atom stereocenters. The summed E-state index contributed by atoms with van der Waals surface area (Å²) in [6.07, 6.45) is 9.62. The van der Waals surface area contributed by atoms with E-state index in [4.69, 9.17) is 33.6 Å². The van der Waals surface area contributed by atoms with Crippen LogP contribution in [0.15, 0.2) is 88.4 Å². The normalized spacial score (nSPS) is 13.7. The van der Waals surface area contributed by atoms with Crippen molar-refractivity contribution < 1.29 is 33.4 Å². The van der Waals surface area contributed by atoms with Crippen molar-refractivity contribution in [2.75, 3.05) is 31.1 Å². The number of carbonyl (C=O) groups excluding carboxylic acids is 1. The second kappa shape index (κ2) is 14.2. The molecule has 2 N–H and O–H groups in total. The summed E-state index contributed by atoms with van der Waals surface area (Å²) in [4.78, 5) is 48.9. The highest BCUT2D eigenvalue weighted by molar-refractivity contribution is 6.27. The number of likely N-dealkylation sites (tertiary alicyclic amines) is 1. The second-order valence-corrected chi connectivity index (χ2v) is 10.3. The highest BCUT2D eigenvalue weighted by atomic mass is 16.4. The number of hydrogen-bond donors (Lipinski definition) is 2. The molecule has 228 valence electrons. The number of carboxylic acid groups (broad SMARTS) is 2. The monoisotopic (exact) mass is 600 g/mol. The molecule has 13 nitrogen and oxygen atoms in total. The van der Waals surface area contributed by atoms with E-state index in [1.165, 1.54) is 6.26 Å². The molecular formula is C31H32N6O7. The number of para-hydroxylation sites is 2. The maximum absolute atomic E-state index is 13.1. The summed E-state index contributed by atoms with van der Waals surface area (Å²) in [5, 5.41) is 14.8. The van der Waals surface area contributed by atoms with Gasteiger partial charge in [-0.05, 0) is 74.3 Å². The molecule has 0 spiro atoms. The van der Waals surface area contributed by atoms with E-state index < -0.39 is 11.9 Å². The maximum atomic E-state index is 13.1. The van der Waals surface area contributed by atoms with Gasteiger partial charge in [0, 0.05) is 31.9 Å². The van der Waals surface area contributed by atoms with Gasteiger partial charge >= 0.3 is 11.9 Å². The van der Waals surface area contributed by atoms with E-state index in [1.807, 2.05) is 18.2 Å². The third-order valence-corrected chi connectivity index (χ3v) is 7.40. The van der Waals surface area contributed by atoms with Gasteiger partial charge in [-0.15, -0.1) is 0 Å². The summed E-state index contributed by atoms with van der Waals surface area (Å²) < 4.78 is 13.3. The minimum absolute atomic E-state index is 0.230. The lowest BCUT2D eigenvalue weighted by Gasteiger charge is -2.33. The molecule has 0 unspecified atom stereocenters. The minimum Gasteiger partial charge on any atom is -0.473 e. The summed E-state index contributed by atoms with van der Waals surface area (Å²) in [6.45, 7) is 3.87. The molecule has 6 rings (SSSR count). The van der Waals surface area contributed by atoms with Gasteiger partial charge in [0.15, 0.2) is 5.76 Å². The molecule has 0 bridgehead atoms. The predicted molar refractivity (Wildman–Crippen MR) is 158 cm³/mol.